The van der Waals surface area contributed by atoms with Gasteiger partial charge in [-0.2, -0.15) is 0 Å². The number of hydrogen-bond acceptors (Lipinski definition) is 6. The van der Waals surface area contributed by atoms with E-state index in [0.29, 0.717) is 30.6 Å². The lowest BCUT2D eigenvalue weighted by molar-refractivity contribution is -0.174. The number of benzene rings is 1. The third-order valence-corrected chi connectivity index (χ3v) is 6.19. The van der Waals surface area contributed by atoms with Gasteiger partial charge >= 0.3 is 12.1 Å². The third-order valence-electron chi connectivity index (χ3n) is 6.19. The standard InChI is InChI=1S/C25H29NO6/c1-2-22(32-25(29)30-18-11-7-4-8-12-18)31-24(28)19-15-16-26-20(19)13-14-21(26)23(27)17-9-5-3-6-10-17/h3,5-6,9-10,13-14,18-19,22H,2,4,7-8,11-12,15-16H2,1H3/t19-,22?/m0/s1. The molecule has 0 N–H and O–H groups in total. The van der Waals surface area contributed by atoms with E-state index in [1.165, 1.54) is 0 Å². The predicted molar refractivity (Wildman–Crippen MR) is 116 cm³/mol. The molecule has 1 aromatic heterocycles. The van der Waals surface area contributed by atoms with Crippen molar-refractivity contribution in [2.24, 2.45) is 0 Å². The highest BCUT2D eigenvalue weighted by molar-refractivity contribution is 6.08. The van der Waals surface area contributed by atoms with E-state index in [-0.39, 0.29) is 11.9 Å². The SMILES string of the molecule is CCC(OC(=O)OC1CCCCC1)OC(=O)[C@H]1CCn2c(C(=O)c3ccccc3)ccc21. The molecule has 170 valence electrons. The number of aromatic nitrogens is 1. The van der Waals surface area contributed by atoms with Crippen LogP contribution in [0.3, 0.4) is 0 Å². The van der Waals surface area contributed by atoms with Crippen LogP contribution in [0.4, 0.5) is 4.79 Å². The van der Waals surface area contributed by atoms with Crippen molar-refractivity contribution in [3.05, 3.63) is 59.4 Å². The van der Waals surface area contributed by atoms with Crippen LogP contribution in [0.25, 0.3) is 0 Å². The van der Waals surface area contributed by atoms with Gasteiger partial charge in [-0.1, -0.05) is 43.7 Å². The fourth-order valence-electron chi connectivity index (χ4n) is 4.47. The molecule has 1 fully saturated rings. The van der Waals surface area contributed by atoms with Gasteiger partial charge in [0.2, 0.25) is 5.78 Å². The molecular formula is C25H29NO6. The topological polar surface area (TPSA) is 83.8 Å². The lowest BCUT2D eigenvalue weighted by Crippen LogP contribution is -2.29. The molecule has 0 amide bonds. The first-order chi connectivity index (χ1) is 15.6. The zero-order valence-electron chi connectivity index (χ0n) is 18.3. The smallest absolute Gasteiger partial charge is 0.431 e. The van der Waals surface area contributed by atoms with Crippen LogP contribution >= 0.6 is 0 Å². The van der Waals surface area contributed by atoms with Gasteiger partial charge in [0.15, 0.2) is 0 Å². The summed E-state index contributed by atoms with van der Waals surface area (Å²) in [5, 5.41) is 0. The number of carbonyl (C=O) groups excluding carboxylic acids is 3. The second-order valence-electron chi connectivity index (χ2n) is 8.35. The summed E-state index contributed by atoms with van der Waals surface area (Å²) in [5.74, 6) is -1.04. The van der Waals surface area contributed by atoms with Crippen molar-refractivity contribution in [2.45, 2.75) is 76.7 Å². The van der Waals surface area contributed by atoms with Gasteiger partial charge in [0, 0.05) is 24.2 Å². The molecule has 1 saturated carbocycles. The normalized spacial score (nSPS) is 19.1. The van der Waals surface area contributed by atoms with Gasteiger partial charge in [0.25, 0.3) is 6.29 Å². The van der Waals surface area contributed by atoms with Crippen LogP contribution in [-0.2, 0) is 25.5 Å². The molecule has 2 aromatic rings. The Morgan fingerprint density at radius 3 is 2.44 bits per heavy atom. The van der Waals surface area contributed by atoms with Gasteiger partial charge in [-0.25, -0.2) is 4.79 Å². The van der Waals surface area contributed by atoms with Crippen molar-refractivity contribution in [3.63, 3.8) is 0 Å². The summed E-state index contributed by atoms with van der Waals surface area (Å²) >= 11 is 0. The molecule has 1 aliphatic carbocycles. The van der Waals surface area contributed by atoms with Crippen molar-refractivity contribution < 1.29 is 28.6 Å². The number of esters is 1. The fraction of sp³-hybridized carbons (Fsp3) is 0.480. The molecule has 4 rings (SSSR count). The minimum Gasteiger partial charge on any atom is -0.431 e. The van der Waals surface area contributed by atoms with Crippen LogP contribution in [0.5, 0.6) is 0 Å². The van der Waals surface area contributed by atoms with Crippen molar-refractivity contribution >= 4 is 17.9 Å². The van der Waals surface area contributed by atoms with E-state index in [9.17, 15) is 14.4 Å². The van der Waals surface area contributed by atoms with E-state index in [4.69, 9.17) is 14.2 Å². The summed E-state index contributed by atoms with van der Waals surface area (Å²) in [6, 6.07) is 12.6. The molecule has 1 aliphatic heterocycles. The Kier molecular flexibility index (Phi) is 6.93. The van der Waals surface area contributed by atoms with Gasteiger partial charge in [-0.05, 0) is 44.2 Å². The van der Waals surface area contributed by atoms with Crippen LogP contribution in [0, 0.1) is 0 Å². The van der Waals surface area contributed by atoms with Crippen LogP contribution in [-0.4, -0.2) is 34.9 Å². The first kappa shape index (κ1) is 22.1. The van der Waals surface area contributed by atoms with Crippen LogP contribution in [0.2, 0.25) is 0 Å². The Bertz CT molecular complexity index is 960. The molecule has 0 saturated heterocycles. The van der Waals surface area contributed by atoms with Gasteiger partial charge in [0.1, 0.15) is 6.10 Å². The van der Waals surface area contributed by atoms with Gasteiger partial charge in [-0.3, -0.25) is 9.59 Å². The van der Waals surface area contributed by atoms with Crippen LogP contribution in [0.1, 0.15) is 79.5 Å². The summed E-state index contributed by atoms with van der Waals surface area (Å²) < 4.78 is 18.0. The zero-order chi connectivity index (χ0) is 22.5. The van der Waals surface area contributed by atoms with Crippen molar-refractivity contribution in [1.82, 2.24) is 4.57 Å². The van der Waals surface area contributed by atoms with Crippen molar-refractivity contribution in [3.8, 4) is 0 Å². The number of nitrogens with zero attached hydrogens (tertiary/aromatic N) is 1. The number of carbonyl (C=O) groups is 3. The highest BCUT2D eigenvalue weighted by atomic mass is 16.8. The van der Waals surface area contributed by atoms with E-state index in [1.807, 2.05) is 22.8 Å². The quantitative estimate of drug-likeness (QED) is 0.344. The Labute approximate surface area is 187 Å². The van der Waals surface area contributed by atoms with Crippen LogP contribution in [0.15, 0.2) is 42.5 Å². The van der Waals surface area contributed by atoms with E-state index in [1.54, 1.807) is 31.2 Å². The van der Waals surface area contributed by atoms with E-state index < -0.39 is 24.3 Å². The molecule has 0 radical (unpaired) electrons. The van der Waals surface area contributed by atoms with E-state index in [0.717, 1.165) is 37.8 Å². The first-order valence-corrected chi connectivity index (χ1v) is 11.4. The molecule has 0 spiro atoms. The number of fused-ring (bicyclic) bond motifs is 1. The number of rotatable bonds is 7. The highest BCUT2D eigenvalue weighted by Crippen LogP contribution is 2.33. The molecular weight excluding hydrogens is 410 g/mol. The molecule has 1 aromatic carbocycles. The average Bonchev–Trinajstić information content (AvgIpc) is 3.41. The average molecular weight is 440 g/mol. The van der Waals surface area contributed by atoms with Gasteiger partial charge < -0.3 is 18.8 Å². The van der Waals surface area contributed by atoms with Crippen LogP contribution < -0.4 is 0 Å². The Morgan fingerprint density at radius 1 is 0.969 bits per heavy atom. The number of hydrogen-bond donors (Lipinski definition) is 0. The second-order valence-corrected chi connectivity index (χ2v) is 8.35. The molecule has 2 aliphatic rings. The largest absolute Gasteiger partial charge is 0.511 e. The summed E-state index contributed by atoms with van der Waals surface area (Å²) in [6.45, 7) is 2.33. The van der Waals surface area contributed by atoms with Gasteiger partial charge in [-0.15, -0.1) is 0 Å². The van der Waals surface area contributed by atoms with E-state index >= 15 is 0 Å². The van der Waals surface area contributed by atoms with E-state index in [2.05, 4.69) is 0 Å². The lowest BCUT2D eigenvalue weighted by Gasteiger charge is -2.23. The predicted octanol–water partition coefficient (Wildman–Crippen LogP) is 4.97. The first-order valence-electron chi connectivity index (χ1n) is 11.4. The molecule has 7 heteroatoms. The Balaban J connectivity index is 1.37. The minimum absolute atomic E-state index is 0.0777. The molecule has 0 bridgehead atoms. The molecule has 32 heavy (non-hydrogen) atoms. The summed E-state index contributed by atoms with van der Waals surface area (Å²) in [6.07, 6.45) is 3.89. The summed E-state index contributed by atoms with van der Waals surface area (Å²) in [7, 11) is 0. The summed E-state index contributed by atoms with van der Waals surface area (Å²) in [5.41, 5.74) is 1.91. The fourth-order valence-corrected chi connectivity index (χ4v) is 4.47. The second kappa shape index (κ2) is 10.0. The molecule has 2 heterocycles. The maximum Gasteiger partial charge on any atom is 0.511 e. The lowest BCUT2D eigenvalue weighted by atomic mass is 9.98. The number of ketones is 1. The van der Waals surface area contributed by atoms with Crippen molar-refractivity contribution in [2.75, 3.05) is 0 Å². The third kappa shape index (κ3) is 4.87. The molecule has 7 nitrogen and oxygen atoms in total. The Morgan fingerprint density at radius 2 is 1.72 bits per heavy atom. The van der Waals surface area contributed by atoms with Crippen molar-refractivity contribution in [1.29, 1.82) is 0 Å². The Hall–Kier alpha value is -3.09. The monoisotopic (exact) mass is 439 g/mol. The minimum atomic E-state index is -0.993. The maximum absolute atomic E-state index is 12.8. The number of ether oxygens (including phenoxy) is 3. The highest BCUT2D eigenvalue weighted by Gasteiger charge is 2.35. The zero-order valence-corrected chi connectivity index (χ0v) is 18.3. The maximum atomic E-state index is 12.8. The molecule has 2 atom stereocenters. The van der Waals surface area contributed by atoms with Gasteiger partial charge in [0.05, 0.1) is 11.6 Å². The summed E-state index contributed by atoms with van der Waals surface area (Å²) in [4.78, 5) is 37.8. The molecule has 1 unspecified atom stereocenters.